The molecule has 1 saturated carbocycles. The number of nitrogens with zero attached hydrogens (tertiary/aromatic N) is 3. The van der Waals surface area contributed by atoms with Crippen molar-refractivity contribution >= 4 is 0 Å². The number of hydrogen-bond acceptors (Lipinski definition) is 5. The van der Waals surface area contributed by atoms with Crippen molar-refractivity contribution in [2.45, 2.75) is 51.2 Å². The van der Waals surface area contributed by atoms with Crippen LogP contribution in [0.3, 0.4) is 0 Å². The standard InChI is InChI=1S/C21H27N3O2/c1-3-21-22-11-15(12-23-21)13-24-17-8-7-16(9-17)20(24)14-26-19-6-4-5-18(10-19)25-2/h4-6,10-12,16-17,20H,3,7-9,13-14H2,1-2H3/t16-,17-,20-/m0/s1. The van der Waals surface area contributed by atoms with Gasteiger partial charge in [-0.3, -0.25) is 4.90 Å². The van der Waals surface area contributed by atoms with Gasteiger partial charge in [-0.05, 0) is 37.3 Å². The van der Waals surface area contributed by atoms with Gasteiger partial charge in [0.15, 0.2) is 0 Å². The first-order valence-corrected chi connectivity index (χ1v) is 9.59. The molecule has 2 heterocycles. The molecule has 1 saturated heterocycles. The zero-order valence-electron chi connectivity index (χ0n) is 15.6. The van der Waals surface area contributed by atoms with Crippen LogP contribution in [0.5, 0.6) is 11.5 Å². The van der Waals surface area contributed by atoms with Crippen molar-refractivity contribution in [3.8, 4) is 11.5 Å². The van der Waals surface area contributed by atoms with Gasteiger partial charge in [0.25, 0.3) is 0 Å². The smallest absolute Gasteiger partial charge is 0.127 e. The van der Waals surface area contributed by atoms with Crippen LogP contribution in [-0.4, -0.2) is 40.7 Å². The van der Waals surface area contributed by atoms with E-state index in [1.807, 2.05) is 36.7 Å². The molecule has 4 rings (SSSR count). The van der Waals surface area contributed by atoms with Gasteiger partial charge in [0.05, 0.1) is 7.11 Å². The number of aromatic nitrogens is 2. The summed E-state index contributed by atoms with van der Waals surface area (Å²) in [7, 11) is 1.68. The molecule has 2 aromatic rings. The van der Waals surface area contributed by atoms with E-state index < -0.39 is 0 Å². The number of benzene rings is 1. The Kier molecular flexibility index (Phi) is 5.07. The molecular weight excluding hydrogens is 326 g/mol. The molecule has 1 aromatic carbocycles. The maximum atomic E-state index is 6.14. The van der Waals surface area contributed by atoms with Crippen molar-refractivity contribution in [3.05, 3.63) is 48.0 Å². The zero-order chi connectivity index (χ0) is 17.9. The number of ether oxygens (including phenoxy) is 2. The molecular formula is C21H27N3O2. The summed E-state index contributed by atoms with van der Waals surface area (Å²) in [6.07, 6.45) is 8.76. The molecule has 1 aliphatic heterocycles. The van der Waals surface area contributed by atoms with E-state index >= 15 is 0 Å². The number of likely N-dealkylation sites (tertiary alicyclic amines) is 1. The molecule has 26 heavy (non-hydrogen) atoms. The van der Waals surface area contributed by atoms with E-state index in [0.29, 0.717) is 12.1 Å². The van der Waals surface area contributed by atoms with Gasteiger partial charge in [-0.25, -0.2) is 9.97 Å². The van der Waals surface area contributed by atoms with Crippen LogP contribution in [-0.2, 0) is 13.0 Å². The second-order valence-electron chi connectivity index (χ2n) is 7.32. The summed E-state index contributed by atoms with van der Waals surface area (Å²) in [6.45, 7) is 3.72. The molecule has 3 atom stereocenters. The molecule has 0 spiro atoms. The molecule has 0 N–H and O–H groups in total. The fourth-order valence-corrected chi connectivity index (χ4v) is 4.39. The van der Waals surface area contributed by atoms with Crippen LogP contribution in [0.25, 0.3) is 0 Å². The molecule has 5 nitrogen and oxygen atoms in total. The zero-order valence-corrected chi connectivity index (χ0v) is 15.6. The van der Waals surface area contributed by atoms with Gasteiger partial charge in [-0.2, -0.15) is 0 Å². The number of rotatable bonds is 7. The van der Waals surface area contributed by atoms with Gasteiger partial charge < -0.3 is 9.47 Å². The van der Waals surface area contributed by atoms with Crippen LogP contribution in [0.1, 0.15) is 37.6 Å². The van der Waals surface area contributed by atoms with Crippen molar-refractivity contribution in [2.75, 3.05) is 13.7 Å². The van der Waals surface area contributed by atoms with Gasteiger partial charge in [0.2, 0.25) is 0 Å². The monoisotopic (exact) mass is 353 g/mol. The van der Waals surface area contributed by atoms with Gasteiger partial charge in [-0.15, -0.1) is 0 Å². The first-order valence-electron chi connectivity index (χ1n) is 9.59. The van der Waals surface area contributed by atoms with E-state index in [0.717, 1.165) is 42.8 Å². The molecule has 2 fully saturated rings. The highest BCUT2D eigenvalue weighted by atomic mass is 16.5. The summed E-state index contributed by atoms with van der Waals surface area (Å²) < 4.78 is 11.4. The number of hydrogen-bond donors (Lipinski definition) is 0. The molecule has 5 heteroatoms. The van der Waals surface area contributed by atoms with E-state index in [1.165, 1.54) is 24.8 Å². The Hall–Kier alpha value is -2.14. The molecule has 2 bridgehead atoms. The summed E-state index contributed by atoms with van der Waals surface area (Å²) >= 11 is 0. The highest BCUT2D eigenvalue weighted by Gasteiger charge is 2.45. The number of fused-ring (bicyclic) bond motifs is 2. The summed E-state index contributed by atoms with van der Waals surface area (Å²) in [5.41, 5.74) is 1.20. The number of piperidine rings is 1. The Morgan fingerprint density at radius 3 is 2.73 bits per heavy atom. The van der Waals surface area contributed by atoms with Crippen molar-refractivity contribution in [2.24, 2.45) is 5.92 Å². The number of methoxy groups -OCH3 is 1. The highest BCUT2D eigenvalue weighted by molar-refractivity contribution is 5.32. The molecule has 0 radical (unpaired) electrons. The maximum Gasteiger partial charge on any atom is 0.127 e. The molecule has 1 aliphatic carbocycles. The Balaban J connectivity index is 1.43. The molecule has 1 aromatic heterocycles. The molecule has 0 unspecified atom stereocenters. The average Bonchev–Trinajstić information content (AvgIpc) is 3.29. The van der Waals surface area contributed by atoms with Crippen LogP contribution in [0.4, 0.5) is 0 Å². The van der Waals surface area contributed by atoms with Gasteiger partial charge in [0, 0.05) is 49.1 Å². The predicted octanol–water partition coefficient (Wildman–Crippen LogP) is 3.48. The van der Waals surface area contributed by atoms with Crippen molar-refractivity contribution in [3.63, 3.8) is 0 Å². The van der Waals surface area contributed by atoms with E-state index in [1.54, 1.807) is 7.11 Å². The van der Waals surface area contributed by atoms with Crippen LogP contribution < -0.4 is 9.47 Å². The van der Waals surface area contributed by atoms with Gasteiger partial charge in [-0.1, -0.05) is 13.0 Å². The molecule has 0 amide bonds. The number of aryl methyl sites for hydroxylation is 1. The van der Waals surface area contributed by atoms with Gasteiger partial charge in [0.1, 0.15) is 23.9 Å². The van der Waals surface area contributed by atoms with Crippen LogP contribution in [0.15, 0.2) is 36.7 Å². The van der Waals surface area contributed by atoms with Crippen molar-refractivity contribution < 1.29 is 9.47 Å². The first-order chi connectivity index (χ1) is 12.8. The van der Waals surface area contributed by atoms with E-state index in [-0.39, 0.29) is 0 Å². The molecule has 2 aliphatic rings. The Labute approximate surface area is 155 Å². The largest absolute Gasteiger partial charge is 0.497 e. The summed E-state index contributed by atoms with van der Waals surface area (Å²) in [5.74, 6) is 3.36. The minimum atomic E-state index is 0.464. The minimum absolute atomic E-state index is 0.464. The van der Waals surface area contributed by atoms with Crippen molar-refractivity contribution in [1.29, 1.82) is 0 Å². The third kappa shape index (κ3) is 3.54. The maximum absolute atomic E-state index is 6.14. The first kappa shape index (κ1) is 17.3. The average molecular weight is 353 g/mol. The lowest BCUT2D eigenvalue weighted by Gasteiger charge is -2.35. The topological polar surface area (TPSA) is 47.5 Å². The lowest BCUT2D eigenvalue weighted by molar-refractivity contribution is 0.0864. The normalized spacial score (nSPS) is 24.8. The van der Waals surface area contributed by atoms with E-state index in [4.69, 9.17) is 9.47 Å². The third-order valence-corrected chi connectivity index (χ3v) is 5.79. The van der Waals surface area contributed by atoms with Crippen LogP contribution in [0.2, 0.25) is 0 Å². The van der Waals surface area contributed by atoms with E-state index in [9.17, 15) is 0 Å². The Bertz CT molecular complexity index is 734. The lowest BCUT2D eigenvalue weighted by atomic mass is 9.99. The fraction of sp³-hybridized carbons (Fsp3) is 0.524. The molecule has 138 valence electrons. The van der Waals surface area contributed by atoms with Gasteiger partial charge >= 0.3 is 0 Å². The SMILES string of the molecule is CCc1ncc(CN2[C@H]3CC[C@@H](C3)[C@@H]2COc2cccc(OC)c2)cn1. The summed E-state index contributed by atoms with van der Waals surface area (Å²) in [5, 5.41) is 0. The second-order valence-corrected chi connectivity index (χ2v) is 7.32. The Morgan fingerprint density at radius 2 is 1.96 bits per heavy atom. The fourth-order valence-electron chi connectivity index (χ4n) is 4.39. The summed E-state index contributed by atoms with van der Waals surface area (Å²) in [4.78, 5) is 11.5. The third-order valence-electron chi connectivity index (χ3n) is 5.79. The van der Waals surface area contributed by atoms with Crippen LogP contribution >= 0.6 is 0 Å². The lowest BCUT2D eigenvalue weighted by Crippen LogP contribution is -2.43. The highest BCUT2D eigenvalue weighted by Crippen LogP contribution is 2.43. The van der Waals surface area contributed by atoms with Crippen LogP contribution in [0, 0.1) is 5.92 Å². The second kappa shape index (κ2) is 7.62. The Morgan fingerprint density at radius 1 is 1.15 bits per heavy atom. The van der Waals surface area contributed by atoms with E-state index in [2.05, 4.69) is 21.8 Å². The summed E-state index contributed by atoms with van der Waals surface area (Å²) in [6, 6.07) is 9.00. The predicted molar refractivity (Wildman–Crippen MR) is 100 cm³/mol. The quantitative estimate of drug-likeness (QED) is 0.763. The minimum Gasteiger partial charge on any atom is -0.497 e. The van der Waals surface area contributed by atoms with Crippen molar-refractivity contribution in [1.82, 2.24) is 14.9 Å².